The molecule has 200 valence electrons. The monoisotopic (exact) mass is 518 g/mol. The van der Waals surface area contributed by atoms with E-state index in [0.717, 1.165) is 29.3 Å². The highest BCUT2D eigenvalue weighted by Gasteiger charge is 2.51. The lowest BCUT2D eigenvalue weighted by atomic mass is 9.93. The number of nitrogens with one attached hydrogen (secondary N) is 4. The average molecular weight is 519 g/mol. The van der Waals surface area contributed by atoms with Crippen LogP contribution < -0.4 is 26.4 Å². The fraction of sp³-hybridized carbons (Fsp3) is 0.500. The number of ether oxygens (including phenoxy) is 1. The number of carbonyl (C=O) groups excluding carboxylic acids is 1. The maximum Gasteiger partial charge on any atom is 0.256 e. The van der Waals surface area contributed by atoms with E-state index in [4.69, 9.17) is 4.74 Å². The van der Waals surface area contributed by atoms with Crippen molar-refractivity contribution in [2.45, 2.75) is 63.4 Å². The van der Waals surface area contributed by atoms with E-state index >= 15 is 0 Å². The Bertz CT molecular complexity index is 1300. The molecule has 3 aliphatic rings. The predicted octanol–water partition coefficient (Wildman–Crippen LogP) is 1.39. The summed E-state index contributed by atoms with van der Waals surface area (Å²) in [6.45, 7) is 5.17. The number of hydrogen-bond acceptors (Lipinski definition) is 10. The van der Waals surface area contributed by atoms with E-state index in [1.54, 1.807) is 18.0 Å². The van der Waals surface area contributed by atoms with Crippen LogP contribution in [0.15, 0.2) is 36.8 Å². The van der Waals surface area contributed by atoms with Gasteiger partial charge in [0, 0.05) is 43.9 Å². The molecule has 1 amide bonds. The average Bonchev–Trinajstić information content (AvgIpc) is 3.47. The van der Waals surface area contributed by atoms with Crippen LogP contribution in [0.1, 0.15) is 48.9 Å². The summed E-state index contributed by atoms with van der Waals surface area (Å²) in [6, 6.07) is 6.18. The zero-order valence-electron chi connectivity index (χ0n) is 21.9. The Morgan fingerprint density at radius 3 is 2.74 bits per heavy atom. The van der Waals surface area contributed by atoms with Crippen molar-refractivity contribution in [3.8, 4) is 5.82 Å². The number of methoxy groups -OCH3 is 1. The second kappa shape index (κ2) is 9.93. The molecule has 0 aromatic carbocycles. The lowest BCUT2D eigenvalue weighted by Gasteiger charge is -2.47. The molecule has 6 rings (SSSR count). The Morgan fingerprint density at radius 2 is 2.05 bits per heavy atom. The highest BCUT2D eigenvalue weighted by Crippen LogP contribution is 2.39. The van der Waals surface area contributed by atoms with Crippen LogP contribution in [0.25, 0.3) is 5.82 Å². The zero-order valence-corrected chi connectivity index (χ0v) is 21.9. The molecule has 2 aliphatic heterocycles. The smallest absolute Gasteiger partial charge is 0.256 e. The molecule has 5 heterocycles. The van der Waals surface area contributed by atoms with E-state index in [9.17, 15) is 4.79 Å². The first-order valence-corrected chi connectivity index (χ1v) is 13.1. The molecule has 2 unspecified atom stereocenters. The molecule has 1 aliphatic carbocycles. The molecule has 2 atom stereocenters. The van der Waals surface area contributed by atoms with Gasteiger partial charge in [0.05, 0.1) is 25.5 Å². The number of pyridine rings is 1. The van der Waals surface area contributed by atoms with E-state index < -0.39 is 5.60 Å². The van der Waals surface area contributed by atoms with Crippen LogP contribution in [0, 0.1) is 6.92 Å². The molecule has 12 nitrogen and oxygen atoms in total. The number of rotatable bonds is 9. The number of hydrogen-bond donors (Lipinski definition) is 4. The lowest BCUT2D eigenvalue weighted by Crippen LogP contribution is -2.70. The van der Waals surface area contributed by atoms with Crippen molar-refractivity contribution < 1.29 is 9.53 Å². The maximum atomic E-state index is 13.1. The highest BCUT2D eigenvalue weighted by atomic mass is 16.5. The van der Waals surface area contributed by atoms with Gasteiger partial charge in [-0.2, -0.15) is 10.1 Å². The van der Waals surface area contributed by atoms with Crippen LogP contribution in [0.5, 0.6) is 0 Å². The fourth-order valence-corrected chi connectivity index (χ4v) is 4.92. The third-order valence-electron chi connectivity index (χ3n) is 7.39. The number of aryl methyl sites for hydroxylation is 1. The Hall–Kier alpha value is -3.61. The number of anilines is 2. The zero-order chi connectivity index (χ0) is 26.3. The Morgan fingerprint density at radius 1 is 1.21 bits per heavy atom. The maximum absolute atomic E-state index is 13.1. The van der Waals surface area contributed by atoms with Crippen LogP contribution in [0.4, 0.5) is 11.8 Å². The predicted molar refractivity (Wildman–Crippen MR) is 142 cm³/mol. The first-order valence-electron chi connectivity index (χ1n) is 13.1. The Balaban J connectivity index is 1.04. The van der Waals surface area contributed by atoms with Crippen LogP contribution in [-0.2, 0) is 16.1 Å². The van der Waals surface area contributed by atoms with E-state index in [0.29, 0.717) is 37.5 Å². The summed E-state index contributed by atoms with van der Waals surface area (Å²) in [5.41, 5.74) is 8.49. The van der Waals surface area contributed by atoms with Gasteiger partial charge in [-0.05, 0) is 56.2 Å². The van der Waals surface area contributed by atoms with Crippen molar-refractivity contribution in [3.05, 3.63) is 53.6 Å². The SMILES string of the molecule is COC1(C(=O)NCc2ccc(-n3cc(C4CC4)cn3)nc2)CN(c2nc(C)cc(NC3CC(C)NN3)n2)C1. The summed E-state index contributed by atoms with van der Waals surface area (Å²) in [5.74, 6) is 2.57. The standard InChI is InChI=1S/C26H34N10O2/c1-16-8-21(31-22-9-17(2)33-34-22)32-25(30-16)35-14-26(15-35,38-3)24(37)28-11-18-4-7-23(27-10-18)36-13-20(12-29-36)19-5-6-19/h4,7-8,10,12-13,17,19,22,33-34H,5-6,9,11,14-15H2,1-3H3,(H,28,37)(H,30,31,32). The van der Waals surface area contributed by atoms with Gasteiger partial charge in [0.2, 0.25) is 5.95 Å². The van der Waals surface area contributed by atoms with Crippen molar-refractivity contribution in [2.24, 2.45) is 0 Å². The van der Waals surface area contributed by atoms with Crippen molar-refractivity contribution >= 4 is 17.7 Å². The molecule has 3 fully saturated rings. The quantitative estimate of drug-likeness (QED) is 0.329. The van der Waals surface area contributed by atoms with E-state index in [2.05, 4.69) is 48.5 Å². The van der Waals surface area contributed by atoms with Crippen molar-refractivity contribution in [1.29, 1.82) is 0 Å². The van der Waals surface area contributed by atoms with Crippen LogP contribution in [0.2, 0.25) is 0 Å². The third kappa shape index (κ3) is 5.06. The van der Waals surface area contributed by atoms with Crippen molar-refractivity contribution in [2.75, 3.05) is 30.4 Å². The summed E-state index contributed by atoms with van der Waals surface area (Å²) in [5, 5.41) is 10.8. The van der Waals surface area contributed by atoms with Gasteiger partial charge in [-0.15, -0.1) is 0 Å². The highest BCUT2D eigenvalue weighted by molar-refractivity contribution is 5.88. The normalized spacial score (nSPS) is 22.2. The summed E-state index contributed by atoms with van der Waals surface area (Å²) in [4.78, 5) is 28.9. The molecule has 3 aromatic rings. The topological polar surface area (TPSA) is 134 Å². The van der Waals surface area contributed by atoms with E-state index in [1.165, 1.54) is 18.4 Å². The molecule has 0 radical (unpaired) electrons. The van der Waals surface area contributed by atoms with Crippen LogP contribution >= 0.6 is 0 Å². The van der Waals surface area contributed by atoms with Gasteiger partial charge in [-0.25, -0.2) is 20.1 Å². The van der Waals surface area contributed by atoms with Gasteiger partial charge < -0.3 is 20.3 Å². The molecule has 2 saturated heterocycles. The molecule has 12 heteroatoms. The van der Waals surface area contributed by atoms with Crippen LogP contribution in [-0.4, -0.2) is 68.6 Å². The molecule has 38 heavy (non-hydrogen) atoms. The Kier molecular flexibility index (Phi) is 6.46. The lowest BCUT2D eigenvalue weighted by molar-refractivity contribution is -0.146. The van der Waals surface area contributed by atoms with Gasteiger partial charge in [0.25, 0.3) is 5.91 Å². The minimum Gasteiger partial charge on any atom is -0.365 e. The summed E-state index contributed by atoms with van der Waals surface area (Å²) in [6.07, 6.45) is 9.25. The van der Waals surface area contributed by atoms with Gasteiger partial charge in [-0.3, -0.25) is 10.2 Å². The largest absolute Gasteiger partial charge is 0.365 e. The van der Waals surface area contributed by atoms with Gasteiger partial charge in [0.1, 0.15) is 5.82 Å². The van der Waals surface area contributed by atoms with Crippen molar-refractivity contribution in [1.82, 2.24) is 40.9 Å². The van der Waals surface area contributed by atoms with Crippen molar-refractivity contribution in [3.63, 3.8) is 0 Å². The van der Waals surface area contributed by atoms with E-state index in [1.807, 2.05) is 42.4 Å². The molecular weight excluding hydrogens is 484 g/mol. The number of aromatic nitrogens is 5. The van der Waals surface area contributed by atoms with Crippen LogP contribution in [0.3, 0.4) is 0 Å². The molecule has 3 aromatic heterocycles. The first kappa shape index (κ1) is 24.7. The molecule has 4 N–H and O–H groups in total. The minimum atomic E-state index is -0.950. The molecular formula is C26H34N10O2. The summed E-state index contributed by atoms with van der Waals surface area (Å²) >= 11 is 0. The minimum absolute atomic E-state index is 0.0932. The Labute approximate surface area is 221 Å². The van der Waals surface area contributed by atoms with E-state index in [-0.39, 0.29) is 12.1 Å². The number of amides is 1. The second-order valence-corrected chi connectivity index (χ2v) is 10.6. The number of nitrogens with zero attached hydrogens (tertiary/aromatic N) is 6. The number of carbonyl (C=O) groups is 1. The first-order chi connectivity index (χ1) is 18.4. The summed E-state index contributed by atoms with van der Waals surface area (Å²) < 4.78 is 7.49. The third-order valence-corrected chi connectivity index (χ3v) is 7.39. The summed E-state index contributed by atoms with van der Waals surface area (Å²) in [7, 11) is 1.57. The molecule has 0 bridgehead atoms. The number of hydrazine groups is 1. The van der Waals surface area contributed by atoms with Gasteiger partial charge >= 0.3 is 0 Å². The van der Waals surface area contributed by atoms with Gasteiger partial charge in [0.15, 0.2) is 11.4 Å². The molecule has 0 spiro atoms. The molecule has 1 saturated carbocycles. The fourth-order valence-electron chi connectivity index (χ4n) is 4.92. The van der Waals surface area contributed by atoms with Gasteiger partial charge in [-0.1, -0.05) is 6.07 Å². The second-order valence-electron chi connectivity index (χ2n) is 10.6.